The Labute approximate surface area is 198 Å². The predicted molar refractivity (Wildman–Crippen MR) is 130 cm³/mol. The molecule has 1 amide bonds. The lowest BCUT2D eigenvalue weighted by Crippen LogP contribution is -2.45. The standard InChI is InChI=1S/C27H28N4O3/c1-34-26-13-12-20(17-28-26)19-10-8-18(9-11-19)15-21-16-23(30-31-14-4-6-24(21)31)27(33)29-22-5-2-3-7-25(22)32/h4,6,8-14,16-17,22,25,32H,2-3,5,7,15H2,1H3,(H,29,33)/t22-,25-/m0/s1. The van der Waals surface area contributed by atoms with Gasteiger partial charge in [0, 0.05) is 24.0 Å². The van der Waals surface area contributed by atoms with Gasteiger partial charge in [0.2, 0.25) is 5.88 Å². The second kappa shape index (κ2) is 9.65. The van der Waals surface area contributed by atoms with Crippen molar-refractivity contribution >= 4 is 11.4 Å². The van der Waals surface area contributed by atoms with Crippen LogP contribution in [0, 0.1) is 0 Å². The largest absolute Gasteiger partial charge is 0.481 e. The number of aliphatic hydroxyl groups is 1. The lowest BCUT2D eigenvalue weighted by atomic mass is 9.92. The summed E-state index contributed by atoms with van der Waals surface area (Å²) in [5.74, 6) is 0.345. The number of aromatic nitrogens is 3. The Bertz CT molecular complexity index is 1280. The summed E-state index contributed by atoms with van der Waals surface area (Å²) in [6.45, 7) is 0. The number of methoxy groups -OCH3 is 1. The summed E-state index contributed by atoms with van der Waals surface area (Å²) < 4.78 is 6.88. The molecule has 0 saturated heterocycles. The fourth-order valence-electron chi connectivity index (χ4n) is 4.58. The zero-order valence-electron chi connectivity index (χ0n) is 19.1. The van der Waals surface area contributed by atoms with Crippen LogP contribution in [0.5, 0.6) is 5.88 Å². The number of pyridine rings is 1. The number of carbonyl (C=O) groups excluding carboxylic acids is 1. The molecule has 3 aromatic heterocycles. The van der Waals surface area contributed by atoms with Crippen molar-refractivity contribution in [2.75, 3.05) is 7.11 Å². The lowest BCUT2D eigenvalue weighted by Gasteiger charge is -2.28. The van der Waals surface area contributed by atoms with Crippen molar-refractivity contribution < 1.29 is 14.6 Å². The summed E-state index contributed by atoms with van der Waals surface area (Å²) in [6, 6.07) is 17.8. The van der Waals surface area contributed by atoms with Crippen molar-refractivity contribution in [3.8, 4) is 17.0 Å². The summed E-state index contributed by atoms with van der Waals surface area (Å²) in [5, 5.41) is 17.7. The molecule has 0 radical (unpaired) electrons. The molecule has 1 saturated carbocycles. The number of nitrogens with zero attached hydrogens (tertiary/aromatic N) is 3. The summed E-state index contributed by atoms with van der Waals surface area (Å²) in [6.07, 6.45) is 7.36. The Morgan fingerprint density at radius 1 is 1.12 bits per heavy atom. The van der Waals surface area contributed by atoms with Crippen LogP contribution in [-0.4, -0.2) is 44.9 Å². The van der Waals surface area contributed by atoms with E-state index in [1.807, 2.05) is 36.5 Å². The van der Waals surface area contributed by atoms with Crippen LogP contribution in [0.4, 0.5) is 0 Å². The molecule has 34 heavy (non-hydrogen) atoms. The molecule has 1 fully saturated rings. The maximum absolute atomic E-state index is 13.0. The molecule has 0 aliphatic heterocycles. The van der Waals surface area contributed by atoms with E-state index in [9.17, 15) is 9.90 Å². The number of aliphatic hydroxyl groups excluding tert-OH is 1. The van der Waals surface area contributed by atoms with E-state index < -0.39 is 6.10 Å². The van der Waals surface area contributed by atoms with Crippen LogP contribution in [-0.2, 0) is 6.42 Å². The van der Waals surface area contributed by atoms with E-state index in [1.165, 1.54) is 0 Å². The van der Waals surface area contributed by atoms with Crippen molar-refractivity contribution in [1.29, 1.82) is 0 Å². The molecule has 4 aromatic rings. The van der Waals surface area contributed by atoms with Gasteiger partial charge in [0.25, 0.3) is 5.91 Å². The third-order valence-electron chi connectivity index (χ3n) is 6.49. The fraction of sp³-hybridized carbons (Fsp3) is 0.296. The molecular formula is C27H28N4O3. The third kappa shape index (κ3) is 4.65. The molecule has 7 nitrogen and oxygen atoms in total. The number of fused-ring (bicyclic) bond motifs is 1. The Hall–Kier alpha value is -3.71. The lowest BCUT2D eigenvalue weighted by molar-refractivity contribution is 0.0713. The van der Waals surface area contributed by atoms with Crippen LogP contribution in [0.1, 0.15) is 47.3 Å². The Kier molecular flexibility index (Phi) is 6.27. The van der Waals surface area contributed by atoms with Gasteiger partial charge >= 0.3 is 0 Å². The highest BCUT2D eigenvalue weighted by molar-refractivity contribution is 5.93. The highest BCUT2D eigenvalue weighted by atomic mass is 16.5. The van der Waals surface area contributed by atoms with E-state index in [1.54, 1.807) is 17.8 Å². The number of nitrogens with one attached hydrogen (secondary N) is 1. The van der Waals surface area contributed by atoms with E-state index in [0.717, 1.165) is 53.5 Å². The maximum atomic E-state index is 13.0. The van der Waals surface area contributed by atoms with E-state index in [0.29, 0.717) is 18.0 Å². The van der Waals surface area contributed by atoms with Crippen molar-refractivity contribution in [2.24, 2.45) is 0 Å². The minimum Gasteiger partial charge on any atom is -0.481 e. The van der Waals surface area contributed by atoms with Crippen molar-refractivity contribution in [2.45, 2.75) is 44.2 Å². The second-order valence-electron chi connectivity index (χ2n) is 8.79. The monoisotopic (exact) mass is 456 g/mol. The highest BCUT2D eigenvalue weighted by Crippen LogP contribution is 2.23. The fourth-order valence-corrected chi connectivity index (χ4v) is 4.58. The topological polar surface area (TPSA) is 88.8 Å². The van der Waals surface area contributed by atoms with Crippen LogP contribution in [0.2, 0.25) is 0 Å². The first-order valence-corrected chi connectivity index (χ1v) is 11.7. The number of hydrogen-bond acceptors (Lipinski definition) is 5. The Balaban J connectivity index is 1.36. The average Bonchev–Trinajstić information content (AvgIpc) is 3.35. The number of hydrogen-bond donors (Lipinski definition) is 2. The number of ether oxygens (including phenoxy) is 1. The van der Waals surface area contributed by atoms with E-state index in [4.69, 9.17) is 4.74 Å². The molecule has 1 aliphatic rings. The smallest absolute Gasteiger partial charge is 0.272 e. The van der Waals surface area contributed by atoms with Gasteiger partial charge in [-0.25, -0.2) is 9.50 Å². The molecule has 1 aromatic carbocycles. The molecule has 5 rings (SSSR count). The van der Waals surface area contributed by atoms with Gasteiger partial charge in [0.05, 0.1) is 24.8 Å². The van der Waals surface area contributed by atoms with Crippen LogP contribution in [0.25, 0.3) is 16.6 Å². The SMILES string of the molecule is COc1ccc(-c2ccc(Cc3cc(C(=O)N[C@H]4CCCC[C@@H]4O)nn4cccc34)cc2)cn1. The minimum atomic E-state index is -0.494. The number of benzene rings is 1. The van der Waals surface area contributed by atoms with Crippen LogP contribution in [0.15, 0.2) is 67.0 Å². The van der Waals surface area contributed by atoms with E-state index in [2.05, 4.69) is 39.7 Å². The summed E-state index contributed by atoms with van der Waals surface area (Å²) in [7, 11) is 1.60. The zero-order chi connectivity index (χ0) is 23.5. The van der Waals surface area contributed by atoms with Gasteiger partial charge < -0.3 is 15.2 Å². The van der Waals surface area contributed by atoms with Crippen molar-refractivity contribution in [1.82, 2.24) is 19.9 Å². The van der Waals surface area contributed by atoms with Crippen molar-refractivity contribution in [3.05, 3.63) is 83.8 Å². The van der Waals surface area contributed by atoms with Gasteiger partial charge in [-0.05, 0) is 60.2 Å². The summed E-state index contributed by atoms with van der Waals surface area (Å²) in [5.41, 5.74) is 5.58. The molecule has 3 heterocycles. The first kappa shape index (κ1) is 22.1. The van der Waals surface area contributed by atoms with Gasteiger partial charge in [-0.3, -0.25) is 4.79 Å². The second-order valence-corrected chi connectivity index (χ2v) is 8.79. The molecule has 1 aliphatic carbocycles. The van der Waals surface area contributed by atoms with Gasteiger partial charge in [-0.15, -0.1) is 0 Å². The van der Waals surface area contributed by atoms with Gasteiger partial charge in [0.15, 0.2) is 0 Å². The molecule has 2 N–H and O–H groups in total. The zero-order valence-corrected chi connectivity index (χ0v) is 19.1. The van der Waals surface area contributed by atoms with E-state index >= 15 is 0 Å². The van der Waals surface area contributed by atoms with Gasteiger partial charge in [0.1, 0.15) is 5.69 Å². The average molecular weight is 457 g/mol. The molecule has 0 spiro atoms. The molecule has 174 valence electrons. The minimum absolute atomic E-state index is 0.216. The van der Waals surface area contributed by atoms with Crippen LogP contribution in [0.3, 0.4) is 0 Å². The van der Waals surface area contributed by atoms with Crippen LogP contribution >= 0.6 is 0 Å². The van der Waals surface area contributed by atoms with Crippen molar-refractivity contribution in [3.63, 3.8) is 0 Å². The first-order valence-electron chi connectivity index (χ1n) is 11.7. The highest BCUT2D eigenvalue weighted by Gasteiger charge is 2.25. The number of carbonyl (C=O) groups is 1. The number of rotatable bonds is 6. The summed E-state index contributed by atoms with van der Waals surface area (Å²) in [4.78, 5) is 17.2. The molecule has 0 unspecified atom stereocenters. The van der Waals surface area contributed by atoms with Crippen LogP contribution < -0.4 is 10.1 Å². The van der Waals surface area contributed by atoms with E-state index in [-0.39, 0.29) is 11.9 Å². The maximum Gasteiger partial charge on any atom is 0.272 e. The predicted octanol–water partition coefficient (Wildman–Crippen LogP) is 4.03. The van der Waals surface area contributed by atoms with Gasteiger partial charge in [-0.2, -0.15) is 5.10 Å². The quantitative estimate of drug-likeness (QED) is 0.457. The summed E-state index contributed by atoms with van der Waals surface area (Å²) >= 11 is 0. The molecule has 7 heteroatoms. The van der Waals surface area contributed by atoms with Gasteiger partial charge in [-0.1, -0.05) is 37.1 Å². The molecule has 0 bridgehead atoms. The third-order valence-corrected chi connectivity index (χ3v) is 6.49. The molecular weight excluding hydrogens is 428 g/mol. The first-order chi connectivity index (χ1) is 16.6. The molecule has 2 atom stereocenters. The number of amides is 1. The Morgan fingerprint density at radius 2 is 1.91 bits per heavy atom. The normalized spacial score (nSPS) is 18.1. The Morgan fingerprint density at radius 3 is 2.65 bits per heavy atom.